The highest BCUT2D eigenvalue weighted by Crippen LogP contribution is 2.49. The third-order valence-corrected chi connectivity index (χ3v) is 17.5. The molecule has 2 aromatic rings. The molecule has 0 saturated carbocycles. The van der Waals surface area contributed by atoms with Crippen LogP contribution in [0.4, 0.5) is 30.6 Å². The normalized spacial score (nSPS) is 25.6. The maximum atomic E-state index is 14.4. The van der Waals surface area contributed by atoms with Crippen LogP contribution in [0.3, 0.4) is 0 Å². The van der Waals surface area contributed by atoms with Gasteiger partial charge in [-0.25, -0.2) is 19.2 Å². The number of hydrogen-bond donors (Lipinski definition) is 4. The molecule has 500 valence electrons. The van der Waals surface area contributed by atoms with E-state index in [0.717, 1.165) is 40.0 Å². The first-order valence-electron chi connectivity index (χ1n) is 29.5. The molecular weight excluding hydrogens is 1240 g/mol. The first-order valence-corrected chi connectivity index (χ1v) is 30.9. The van der Waals surface area contributed by atoms with Crippen LogP contribution >= 0.6 is 23.4 Å². The van der Waals surface area contributed by atoms with Crippen LogP contribution in [0.2, 0.25) is 5.02 Å². The third-order valence-electron chi connectivity index (χ3n) is 16.2. The summed E-state index contributed by atoms with van der Waals surface area (Å²) in [5, 5.41) is 19.3. The Morgan fingerprint density at radius 2 is 1.71 bits per heavy atom. The van der Waals surface area contributed by atoms with Crippen molar-refractivity contribution in [2.75, 3.05) is 105 Å². The summed E-state index contributed by atoms with van der Waals surface area (Å²) in [5.74, 6) is -3.97. The number of epoxide rings is 1. The fourth-order valence-corrected chi connectivity index (χ4v) is 11.5. The van der Waals surface area contributed by atoms with E-state index in [-0.39, 0.29) is 87.7 Å². The molecule has 7 rings (SSSR count). The summed E-state index contributed by atoms with van der Waals surface area (Å²) in [4.78, 5) is 138. The van der Waals surface area contributed by atoms with Gasteiger partial charge in [0, 0.05) is 98.1 Å². The summed E-state index contributed by atoms with van der Waals surface area (Å²) < 4.78 is 50.9. The summed E-state index contributed by atoms with van der Waals surface area (Å²) in [6, 6.07) is 6.61. The van der Waals surface area contributed by atoms with Crippen molar-refractivity contribution in [1.82, 2.24) is 30.2 Å². The minimum atomic E-state index is -1.91. The van der Waals surface area contributed by atoms with Crippen molar-refractivity contribution >= 4 is 93.8 Å². The highest BCUT2D eigenvalue weighted by Gasteiger charge is 2.64. The van der Waals surface area contributed by atoms with Crippen molar-refractivity contribution in [1.29, 1.82) is 0 Å². The second-order valence-corrected chi connectivity index (χ2v) is 24.2. The van der Waals surface area contributed by atoms with Crippen LogP contribution in [0, 0.1) is 5.92 Å². The molecule has 4 bridgehead atoms. The van der Waals surface area contributed by atoms with E-state index in [0.29, 0.717) is 23.4 Å². The lowest BCUT2D eigenvalue weighted by molar-refractivity contribution is -0.162. The van der Waals surface area contributed by atoms with Crippen molar-refractivity contribution in [3.63, 3.8) is 0 Å². The van der Waals surface area contributed by atoms with Gasteiger partial charge in [-0.05, 0) is 68.7 Å². The standard InChI is InChI=1S/C62H79ClN8O20S/c1-36-13-11-15-47(84-10)62(82)32-46(89-58(79)66-62)37(2)54-61(4,91-54)48(31-52(75)70(8)44-29-40(27-36)30-45(83-9)53(44)63)90-56(77)38(3)69(7)49(72)20-26-92-60(81)68(6)24-23-67(5)59(80)87-33-39-16-17-43(65-57(78)88-41-14-12-25-85-35-86-34-41)42(28-39)55(76)64-21-22-71-50(73)18-19-51(71)74/h11-19,28-30,37-38,41,46-48,54,82H,20-27,31-35H2,1-10H3,(H,64,76)(H,65,78)(H,66,79)/b14-12+,15-11+,36-13+/t37-,38+,41?,46+,47-,48+,54+,61+,62+/m1/s1. The average molecular weight is 1320 g/mol. The Bertz CT molecular complexity index is 3240. The predicted octanol–water partition coefficient (Wildman–Crippen LogP) is 5.09. The van der Waals surface area contributed by atoms with Gasteiger partial charge >= 0.3 is 24.2 Å². The minimum Gasteiger partial charge on any atom is -0.495 e. The van der Waals surface area contributed by atoms with E-state index in [1.807, 2.05) is 13.0 Å². The van der Waals surface area contributed by atoms with Gasteiger partial charge in [-0.2, -0.15) is 0 Å². The van der Waals surface area contributed by atoms with Gasteiger partial charge in [0.2, 0.25) is 11.8 Å². The van der Waals surface area contributed by atoms with E-state index in [1.54, 1.807) is 50.3 Å². The Kier molecular flexibility index (Phi) is 24.8. The highest BCUT2D eigenvalue weighted by atomic mass is 35.5. The fraction of sp³-hybridized carbons (Fsp3) is 0.516. The smallest absolute Gasteiger partial charge is 0.412 e. The van der Waals surface area contributed by atoms with Gasteiger partial charge in [-0.3, -0.25) is 44.3 Å². The average Bonchev–Trinajstić information content (AvgIpc) is 1.56. The Balaban J connectivity index is 0.927. The Hall–Kier alpha value is -8.06. The number of esters is 1. The van der Waals surface area contributed by atoms with Gasteiger partial charge in [-0.15, -0.1) is 0 Å². The topological polar surface area (TPSA) is 330 Å². The number of benzene rings is 2. The van der Waals surface area contributed by atoms with E-state index in [1.165, 1.54) is 87.1 Å². The SMILES string of the molecule is COc1cc2cc(c1Cl)N(C)C(=O)C[C@H](OC(=O)[C@H](C)N(C)C(=O)CCSC(=O)N(C)CCN(C)C(=O)OCc1ccc(NC(=O)OC3/C=C/COCOC3)c(C(=O)NCCN3C(=O)C=CC3=O)c1)[C@]1(C)O[C@H]1[C@H](C)[C@@H]1C[C@@](O)(NC(=O)O1)[C@H](OC)/C=C/C=C(\C)C2. The van der Waals surface area contributed by atoms with Crippen LogP contribution in [-0.4, -0.2) is 226 Å². The number of nitrogens with one attached hydrogen (secondary N) is 3. The molecule has 0 radical (unpaired) electrons. The van der Waals surface area contributed by atoms with Crippen LogP contribution in [0.1, 0.15) is 68.4 Å². The molecule has 92 heavy (non-hydrogen) atoms. The zero-order chi connectivity index (χ0) is 67.2. The maximum absolute atomic E-state index is 14.4. The largest absolute Gasteiger partial charge is 0.495 e. The van der Waals surface area contributed by atoms with Gasteiger partial charge in [0.05, 0.1) is 49.8 Å². The molecule has 0 aromatic heterocycles. The van der Waals surface area contributed by atoms with Crippen molar-refractivity contribution < 1.29 is 95.7 Å². The zero-order valence-electron chi connectivity index (χ0n) is 52.9. The molecule has 2 aromatic carbocycles. The van der Waals surface area contributed by atoms with E-state index in [9.17, 15) is 53.1 Å². The highest BCUT2D eigenvalue weighted by molar-refractivity contribution is 8.13. The van der Waals surface area contributed by atoms with Crippen molar-refractivity contribution in [3.8, 4) is 5.75 Å². The molecule has 30 heteroatoms. The molecule has 0 aliphatic carbocycles. The summed E-state index contributed by atoms with van der Waals surface area (Å²) in [6.07, 6.45) is 2.96. The number of ether oxygens (including phenoxy) is 9. The number of fused-ring (bicyclic) bond motifs is 5. The number of carbonyl (C=O) groups excluding carboxylic acids is 10. The van der Waals surface area contributed by atoms with Crippen LogP contribution in [-0.2, 0) is 74.9 Å². The van der Waals surface area contributed by atoms with E-state index < -0.39 is 119 Å². The maximum Gasteiger partial charge on any atom is 0.412 e. The molecule has 9 amide bonds. The van der Waals surface area contributed by atoms with Gasteiger partial charge in [-0.1, -0.05) is 66.2 Å². The second kappa shape index (κ2) is 32.0. The van der Waals surface area contributed by atoms with E-state index >= 15 is 0 Å². The predicted molar refractivity (Wildman–Crippen MR) is 333 cm³/mol. The molecule has 9 atom stereocenters. The number of amides is 9. The number of imide groups is 1. The third kappa shape index (κ3) is 18.4. The monoisotopic (exact) mass is 1320 g/mol. The fourth-order valence-electron chi connectivity index (χ4n) is 10.4. The molecule has 2 fully saturated rings. The number of allylic oxidation sites excluding steroid dienone is 3. The van der Waals surface area contributed by atoms with Crippen molar-refractivity contribution in [2.24, 2.45) is 5.92 Å². The molecule has 0 spiro atoms. The van der Waals surface area contributed by atoms with Gasteiger partial charge in [0.15, 0.2) is 5.72 Å². The van der Waals surface area contributed by atoms with Gasteiger partial charge < -0.3 is 72.7 Å². The Labute approximate surface area is 541 Å². The molecule has 4 N–H and O–H groups in total. The summed E-state index contributed by atoms with van der Waals surface area (Å²) in [7, 11) is 8.74. The number of methoxy groups -OCH3 is 2. The van der Waals surface area contributed by atoms with Crippen LogP contribution < -0.4 is 25.6 Å². The second-order valence-electron chi connectivity index (χ2n) is 22.8. The van der Waals surface area contributed by atoms with E-state index in [4.69, 9.17) is 54.2 Å². The van der Waals surface area contributed by atoms with Crippen LogP contribution in [0.5, 0.6) is 5.75 Å². The zero-order valence-corrected chi connectivity index (χ0v) is 54.5. The lowest BCUT2D eigenvalue weighted by atomic mass is 9.83. The first-order chi connectivity index (χ1) is 43.7. The number of rotatable bonds is 19. The molecule has 2 saturated heterocycles. The van der Waals surface area contributed by atoms with E-state index in [2.05, 4.69) is 16.0 Å². The number of anilines is 2. The molecule has 5 heterocycles. The quantitative estimate of drug-likeness (QED) is 0.0468. The molecule has 28 nitrogen and oxygen atoms in total. The Morgan fingerprint density at radius 3 is 2.42 bits per heavy atom. The summed E-state index contributed by atoms with van der Waals surface area (Å²) in [6.45, 7) is 6.52. The molecule has 5 aliphatic rings. The number of halogens is 1. The number of hydrogen-bond acceptors (Lipinski definition) is 21. The van der Waals surface area contributed by atoms with Crippen LogP contribution in [0.15, 0.2) is 78.4 Å². The summed E-state index contributed by atoms with van der Waals surface area (Å²) >= 11 is 7.67. The first kappa shape index (κ1) is 71.4. The number of aliphatic hydroxyl groups is 1. The number of carbonyl (C=O) groups is 10. The number of nitrogens with zero attached hydrogens (tertiary/aromatic N) is 5. The lowest BCUT2D eigenvalue weighted by Crippen LogP contribution is -2.63. The minimum absolute atomic E-state index is 0.00253. The van der Waals surface area contributed by atoms with Crippen LogP contribution in [0.25, 0.3) is 0 Å². The van der Waals surface area contributed by atoms with Crippen molar-refractivity contribution in [3.05, 3.63) is 100 Å². The lowest BCUT2D eigenvalue weighted by Gasteiger charge is -2.42. The van der Waals surface area contributed by atoms with Gasteiger partial charge in [0.25, 0.3) is 23.0 Å². The van der Waals surface area contributed by atoms with Crippen molar-refractivity contribution in [2.45, 2.75) is 108 Å². The molecule has 5 aliphatic heterocycles. The Morgan fingerprint density at radius 1 is 0.978 bits per heavy atom. The number of likely N-dealkylation sites (N-methyl/N-ethyl adjacent to an activating group) is 3. The summed E-state index contributed by atoms with van der Waals surface area (Å²) in [5.41, 5.74) is -1.00. The van der Waals surface area contributed by atoms with Gasteiger partial charge in [0.1, 0.15) is 60.2 Å². The number of alkyl carbamates (subject to hydrolysis) is 1. The molecule has 1 unspecified atom stereocenters. The number of thioether (sulfide) groups is 1. The molecular formula is C62H79ClN8O20S.